The van der Waals surface area contributed by atoms with Crippen molar-refractivity contribution < 1.29 is 23.1 Å². The molecule has 0 fully saturated rings. The Bertz CT molecular complexity index is 738. The Morgan fingerprint density at radius 3 is 2.50 bits per heavy atom. The second-order valence-electron chi connectivity index (χ2n) is 5.40. The number of nitrogens with one attached hydrogen (secondary N) is 1. The van der Waals surface area contributed by atoms with Crippen LogP contribution in [0.15, 0.2) is 53.4 Å². The molecule has 0 aromatic heterocycles. The largest absolute Gasteiger partial charge is 0.456 e. The molecule has 2 aromatic rings. The summed E-state index contributed by atoms with van der Waals surface area (Å²) in [6, 6.07) is 12.3. The summed E-state index contributed by atoms with van der Waals surface area (Å²) < 4.78 is 31.1. The number of amides is 1. The first-order chi connectivity index (χ1) is 12.5. The molecule has 0 aliphatic heterocycles. The van der Waals surface area contributed by atoms with Gasteiger partial charge in [-0.15, -0.1) is 11.8 Å². The van der Waals surface area contributed by atoms with Gasteiger partial charge in [-0.2, -0.15) is 0 Å². The predicted molar refractivity (Wildman–Crippen MR) is 95.8 cm³/mol. The van der Waals surface area contributed by atoms with Crippen molar-refractivity contribution in [1.82, 2.24) is 5.32 Å². The van der Waals surface area contributed by atoms with Gasteiger partial charge in [0.05, 0.1) is 6.42 Å². The fourth-order valence-corrected chi connectivity index (χ4v) is 2.92. The average molecular weight is 379 g/mol. The van der Waals surface area contributed by atoms with E-state index >= 15 is 0 Å². The number of ether oxygens (including phenoxy) is 1. The molecule has 0 spiro atoms. The van der Waals surface area contributed by atoms with Gasteiger partial charge in [0, 0.05) is 17.2 Å². The van der Waals surface area contributed by atoms with Crippen molar-refractivity contribution in [1.29, 1.82) is 0 Å². The van der Waals surface area contributed by atoms with Crippen LogP contribution in [-0.4, -0.2) is 30.8 Å². The summed E-state index contributed by atoms with van der Waals surface area (Å²) >= 11 is 1.40. The molecular weight excluding hydrogens is 360 g/mol. The van der Waals surface area contributed by atoms with Crippen LogP contribution < -0.4 is 5.32 Å². The number of carbonyl (C=O) groups excluding carboxylic acids is 2. The molecule has 0 radical (unpaired) electrons. The van der Waals surface area contributed by atoms with Gasteiger partial charge in [0.15, 0.2) is 6.61 Å². The van der Waals surface area contributed by atoms with E-state index in [1.54, 1.807) is 30.3 Å². The van der Waals surface area contributed by atoms with Crippen LogP contribution in [0, 0.1) is 11.6 Å². The molecule has 138 valence electrons. The van der Waals surface area contributed by atoms with Crippen LogP contribution in [-0.2, 0) is 20.7 Å². The van der Waals surface area contributed by atoms with E-state index in [-0.39, 0.29) is 31.2 Å². The summed E-state index contributed by atoms with van der Waals surface area (Å²) in [4.78, 5) is 24.1. The third kappa shape index (κ3) is 7.23. The number of halogens is 2. The smallest absolute Gasteiger partial charge is 0.307 e. The average Bonchev–Trinajstić information content (AvgIpc) is 2.63. The molecule has 0 saturated carbocycles. The molecule has 7 heteroatoms. The molecule has 0 saturated heterocycles. The molecule has 2 aromatic carbocycles. The fourth-order valence-electron chi connectivity index (χ4n) is 2.09. The van der Waals surface area contributed by atoms with E-state index < -0.39 is 11.9 Å². The number of hydrogen-bond donors (Lipinski definition) is 1. The second-order valence-corrected chi connectivity index (χ2v) is 6.57. The van der Waals surface area contributed by atoms with E-state index in [0.717, 1.165) is 4.90 Å². The lowest BCUT2D eigenvalue weighted by atomic mass is 10.1. The van der Waals surface area contributed by atoms with Crippen LogP contribution in [0.5, 0.6) is 0 Å². The maximum atomic E-state index is 13.4. The molecule has 0 aliphatic carbocycles. The fraction of sp³-hybridized carbons (Fsp3) is 0.263. The lowest BCUT2D eigenvalue weighted by Gasteiger charge is -2.07. The van der Waals surface area contributed by atoms with E-state index in [4.69, 9.17) is 4.74 Å². The summed E-state index contributed by atoms with van der Waals surface area (Å²) in [5.74, 6) is -1.06. The number of carbonyl (C=O) groups is 2. The van der Waals surface area contributed by atoms with Crippen LogP contribution >= 0.6 is 11.8 Å². The van der Waals surface area contributed by atoms with Gasteiger partial charge in [0.2, 0.25) is 0 Å². The molecule has 0 unspecified atom stereocenters. The Balaban J connectivity index is 1.57. The van der Waals surface area contributed by atoms with Crippen LogP contribution in [0.2, 0.25) is 0 Å². The van der Waals surface area contributed by atoms with Crippen LogP contribution in [0.3, 0.4) is 0 Å². The van der Waals surface area contributed by atoms with Gasteiger partial charge in [-0.05, 0) is 42.3 Å². The number of thioether (sulfide) groups is 1. The van der Waals surface area contributed by atoms with E-state index in [2.05, 4.69) is 5.32 Å². The molecule has 26 heavy (non-hydrogen) atoms. The third-order valence-electron chi connectivity index (χ3n) is 3.43. The van der Waals surface area contributed by atoms with Crippen molar-refractivity contribution in [2.75, 3.05) is 18.9 Å². The summed E-state index contributed by atoms with van der Waals surface area (Å²) in [7, 11) is 0. The monoisotopic (exact) mass is 379 g/mol. The van der Waals surface area contributed by atoms with Gasteiger partial charge in [-0.1, -0.05) is 18.2 Å². The predicted octanol–water partition coefficient (Wildman–Crippen LogP) is 3.35. The minimum atomic E-state index is -0.483. The Morgan fingerprint density at radius 2 is 1.77 bits per heavy atom. The SMILES string of the molecule is O=C(COC(=O)CCSc1ccc(F)cc1)NCCc1ccccc1F. The van der Waals surface area contributed by atoms with Gasteiger partial charge in [-0.25, -0.2) is 8.78 Å². The van der Waals surface area contributed by atoms with Gasteiger partial charge in [-0.3, -0.25) is 9.59 Å². The molecule has 0 atom stereocenters. The zero-order valence-corrected chi connectivity index (χ0v) is 14.9. The van der Waals surface area contributed by atoms with Crippen LogP contribution in [0.1, 0.15) is 12.0 Å². The molecule has 1 amide bonds. The first kappa shape index (κ1) is 19.9. The van der Waals surface area contributed by atoms with Gasteiger partial charge < -0.3 is 10.1 Å². The van der Waals surface area contributed by atoms with E-state index in [9.17, 15) is 18.4 Å². The Labute approximate surface area is 154 Å². The minimum Gasteiger partial charge on any atom is -0.456 e. The maximum absolute atomic E-state index is 13.4. The number of rotatable bonds is 9. The maximum Gasteiger partial charge on any atom is 0.307 e. The van der Waals surface area contributed by atoms with Crippen molar-refractivity contribution in [3.63, 3.8) is 0 Å². The zero-order valence-electron chi connectivity index (χ0n) is 14.0. The summed E-state index contributed by atoms with van der Waals surface area (Å²) in [5.41, 5.74) is 0.516. The van der Waals surface area contributed by atoms with Crippen LogP contribution in [0.25, 0.3) is 0 Å². The minimum absolute atomic E-state index is 0.143. The molecule has 0 aliphatic rings. The topological polar surface area (TPSA) is 55.4 Å². The molecule has 0 bridgehead atoms. The van der Waals surface area contributed by atoms with Crippen molar-refractivity contribution >= 4 is 23.6 Å². The second kappa shape index (κ2) is 10.6. The van der Waals surface area contributed by atoms with Crippen molar-refractivity contribution in [2.24, 2.45) is 0 Å². The highest BCUT2D eigenvalue weighted by Crippen LogP contribution is 2.18. The normalized spacial score (nSPS) is 10.4. The van der Waals surface area contributed by atoms with Gasteiger partial charge in [0.1, 0.15) is 11.6 Å². The first-order valence-electron chi connectivity index (χ1n) is 8.08. The number of benzene rings is 2. The molecule has 1 N–H and O–H groups in total. The summed E-state index contributed by atoms with van der Waals surface area (Å²) in [5, 5.41) is 2.58. The van der Waals surface area contributed by atoms with Crippen molar-refractivity contribution in [3.8, 4) is 0 Å². The lowest BCUT2D eigenvalue weighted by Crippen LogP contribution is -2.30. The van der Waals surface area contributed by atoms with Crippen molar-refractivity contribution in [3.05, 3.63) is 65.7 Å². The number of hydrogen-bond acceptors (Lipinski definition) is 4. The van der Waals surface area contributed by atoms with Gasteiger partial charge in [0.25, 0.3) is 5.91 Å². The highest BCUT2D eigenvalue weighted by Gasteiger charge is 2.08. The van der Waals surface area contributed by atoms with E-state index in [1.165, 1.54) is 30.0 Å². The highest BCUT2D eigenvalue weighted by atomic mass is 32.2. The third-order valence-corrected chi connectivity index (χ3v) is 4.44. The first-order valence-corrected chi connectivity index (χ1v) is 9.07. The molecule has 0 heterocycles. The highest BCUT2D eigenvalue weighted by molar-refractivity contribution is 7.99. The van der Waals surface area contributed by atoms with E-state index in [1.807, 2.05) is 0 Å². The van der Waals surface area contributed by atoms with Gasteiger partial charge >= 0.3 is 5.97 Å². The molecular formula is C19H19F2NO3S. The molecule has 4 nitrogen and oxygen atoms in total. The summed E-state index contributed by atoms with van der Waals surface area (Å²) in [6.45, 7) is -0.102. The standard InChI is InChI=1S/C19H19F2NO3S/c20-15-5-7-16(8-6-15)26-12-10-19(24)25-13-18(23)22-11-9-14-3-1-2-4-17(14)21/h1-8H,9-13H2,(H,22,23). The Kier molecular flexibility index (Phi) is 8.08. The molecule has 2 rings (SSSR count). The number of esters is 1. The van der Waals surface area contributed by atoms with Crippen molar-refractivity contribution in [2.45, 2.75) is 17.7 Å². The Morgan fingerprint density at radius 1 is 1.04 bits per heavy atom. The van der Waals surface area contributed by atoms with Crippen LogP contribution in [0.4, 0.5) is 8.78 Å². The zero-order chi connectivity index (χ0) is 18.8. The Hall–Kier alpha value is -2.41. The lowest BCUT2D eigenvalue weighted by molar-refractivity contribution is -0.148. The summed E-state index contributed by atoms with van der Waals surface area (Å²) in [6.07, 6.45) is 0.505. The quantitative estimate of drug-likeness (QED) is 0.536. The van der Waals surface area contributed by atoms with E-state index in [0.29, 0.717) is 17.7 Å².